The predicted molar refractivity (Wildman–Crippen MR) is 59.1 cm³/mol. The second-order valence-corrected chi connectivity index (χ2v) is 6.49. The molecule has 1 fully saturated rings. The van der Waals surface area contributed by atoms with Crippen molar-refractivity contribution < 1.29 is 8.42 Å². The Morgan fingerprint density at radius 1 is 1.36 bits per heavy atom. The predicted octanol–water partition coefficient (Wildman–Crippen LogP) is 1.20. The maximum absolute atomic E-state index is 11.4. The van der Waals surface area contributed by atoms with Crippen LogP contribution in [0, 0.1) is 5.92 Å². The fourth-order valence-corrected chi connectivity index (χ4v) is 3.60. The molecular formula is C10H21NO2S. The van der Waals surface area contributed by atoms with Crippen LogP contribution in [0.4, 0.5) is 0 Å². The van der Waals surface area contributed by atoms with Crippen molar-refractivity contribution in [3.05, 3.63) is 0 Å². The minimum Gasteiger partial charge on any atom is -0.314 e. The molecule has 84 valence electrons. The Morgan fingerprint density at radius 3 is 2.71 bits per heavy atom. The molecule has 0 radical (unpaired) electrons. The maximum atomic E-state index is 11.4. The second kappa shape index (κ2) is 5.12. The SMILES string of the molecule is CCNC(C)C1CCCS(=O)(=O)CC1. The standard InChI is InChI=1S/C10H21NO2S/c1-3-11-9(2)10-5-4-7-14(12,13)8-6-10/h9-11H,3-8H2,1-2H3. The molecule has 0 aromatic carbocycles. The quantitative estimate of drug-likeness (QED) is 0.776. The molecule has 3 nitrogen and oxygen atoms in total. The lowest BCUT2D eigenvalue weighted by atomic mass is 9.93. The highest BCUT2D eigenvalue weighted by molar-refractivity contribution is 7.91. The Bertz CT molecular complexity index is 261. The molecule has 1 saturated heterocycles. The Morgan fingerprint density at radius 2 is 2.07 bits per heavy atom. The van der Waals surface area contributed by atoms with Crippen molar-refractivity contribution in [2.24, 2.45) is 5.92 Å². The van der Waals surface area contributed by atoms with Crippen molar-refractivity contribution in [2.75, 3.05) is 18.1 Å². The summed E-state index contributed by atoms with van der Waals surface area (Å²) < 4.78 is 22.8. The van der Waals surface area contributed by atoms with E-state index in [1.54, 1.807) is 0 Å². The fourth-order valence-electron chi connectivity index (χ4n) is 2.13. The van der Waals surface area contributed by atoms with Crippen molar-refractivity contribution >= 4 is 9.84 Å². The second-order valence-electron chi connectivity index (χ2n) is 4.19. The molecule has 0 bridgehead atoms. The Kier molecular flexibility index (Phi) is 4.38. The minimum atomic E-state index is -2.73. The molecule has 4 heteroatoms. The average molecular weight is 219 g/mol. The lowest BCUT2D eigenvalue weighted by molar-refractivity contribution is 0.352. The third kappa shape index (κ3) is 3.58. The van der Waals surface area contributed by atoms with Gasteiger partial charge >= 0.3 is 0 Å². The van der Waals surface area contributed by atoms with Crippen molar-refractivity contribution in [2.45, 2.75) is 39.2 Å². The summed E-state index contributed by atoms with van der Waals surface area (Å²) in [5, 5.41) is 3.38. The summed E-state index contributed by atoms with van der Waals surface area (Å²) in [5.74, 6) is 1.31. The minimum absolute atomic E-state index is 0.382. The van der Waals surface area contributed by atoms with E-state index in [0.29, 0.717) is 23.5 Å². The molecule has 1 aliphatic rings. The van der Waals surface area contributed by atoms with Crippen LogP contribution < -0.4 is 5.32 Å². The van der Waals surface area contributed by atoms with E-state index in [4.69, 9.17) is 0 Å². The van der Waals surface area contributed by atoms with Crippen LogP contribution in [0.2, 0.25) is 0 Å². The first kappa shape index (κ1) is 12.0. The van der Waals surface area contributed by atoms with Gasteiger partial charge in [0.25, 0.3) is 0 Å². The first-order valence-electron chi connectivity index (χ1n) is 5.49. The lowest BCUT2D eigenvalue weighted by Gasteiger charge is -2.22. The van der Waals surface area contributed by atoms with Crippen LogP contribution in [-0.4, -0.2) is 32.5 Å². The number of hydrogen-bond donors (Lipinski definition) is 1. The lowest BCUT2D eigenvalue weighted by Crippen LogP contribution is -2.33. The van der Waals surface area contributed by atoms with Crippen molar-refractivity contribution in [1.29, 1.82) is 0 Å². The van der Waals surface area contributed by atoms with Gasteiger partial charge < -0.3 is 5.32 Å². The largest absolute Gasteiger partial charge is 0.314 e. The molecule has 1 heterocycles. The summed E-state index contributed by atoms with van der Waals surface area (Å²) in [4.78, 5) is 0. The third-order valence-corrected chi connectivity index (χ3v) is 4.83. The highest BCUT2D eigenvalue weighted by Crippen LogP contribution is 2.21. The highest BCUT2D eigenvalue weighted by Gasteiger charge is 2.24. The average Bonchev–Trinajstić information content (AvgIpc) is 2.27. The first-order chi connectivity index (χ1) is 6.55. The van der Waals surface area contributed by atoms with E-state index >= 15 is 0 Å². The van der Waals surface area contributed by atoms with Gasteiger partial charge in [0.05, 0.1) is 11.5 Å². The fraction of sp³-hybridized carbons (Fsp3) is 1.00. The summed E-state index contributed by atoms with van der Waals surface area (Å²) in [6.45, 7) is 5.21. The van der Waals surface area contributed by atoms with Crippen LogP contribution >= 0.6 is 0 Å². The zero-order chi connectivity index (χ0) is 10.6. The van der Waals surface area contributed by atoms with Gasteiger partial charge in [0.15, 0.2) is 0 Å². The van der Waals surface area contributed by atoms with E-state index in [1.165, 1.54) is 0 Å². The van der Waals surface area contributed by atoms with E-state index in [9.17, 15) is 8.42 Å². The summed E-state index contributed by atoms with van der Waals surface area (Å²) in [5.41, 5.74) is 0. The van der Waals surface area contributed by atoms with E-state index in [0.717, 1.165) is 25.8 Å². The molecule has 1 aliphatic heterocycles. The van der Waals surface area contributed by atoms with Gasteiger partial charge in [-0.2, -0.15) is 0 Å². The topological polar surface area (TPSA) is 46.2 Å². The molecule has 0 spiro atoms. The molecular weight excluding hydrogens is 198 g/mol. The molecule has 1 N–H and O–H groups in total. The smallest absolute Gasteiger partial charge is 0.150 e. The normalized spacial score (nSPS) is 29.4. The van der Waals surface area contributed by atoms with E-state index in [2.05, 4.69) is 19.2 Å². The van der Waals surface area contributed by atoms with Gasteiger partial charge in [-0.25, -0.2) is 8.42 Å². The van der Waals surface area contributed by atoms with Crippen LogP contribution in [0.1, 0.15) is 33.1 Å². The van der Waals surface area contributed by atoms with Crippen LogP contribution in [0.15, 0.2) is 0 Å². The Labute approximate surface area is 87.2 Å². The highest BCUT2D eigenvalue weighted by atomic mass is 32.2. The van der Waals surface area contributed by atoms with Crippen LogP contribution in [-0.2, 0) is 9.84 Å². The van der Waals surface area contributed by atoms with Crippen LogP contribution in [0.25, 0.3) is 0 Å². The molecule has 0 amide bonds. The molecule has 0 aliphatic carbocycles. The number of hydrogen-bond acceptors (Lipinski definition) is 3. The van der Waals surface area contributed by atoms with Gasteiger partial charge in [-0.05, 0) is 38.6 Å². The first-order valence-corrected chi connectivity index (χ1v) is 7.31. The molecule has 2 unspecified atom stereocenters. The Balaban J connectivity index is 2.49. The number of sulfone groups is 1. The third-order valence-electron chi connectivity index (χ3n) is 3.06. The summed E-state index contributed by atoms with van der Waals surface area (Å²) in [7, 11) is -2.73. The van der Waals surface area contributed by atoms with E-state index in [-0.39, 0.29) is 0 Å². The number of rotatable bonds is 3. The van der Waals surface area contributed by atoms with E-state index < -0.39 is 9.84 Å². The number of nitrogens with one attached hydrogen (secondary N) is 1. The van der Waals surface area contributed by atoms with Gasteiger partial charge in [-0.15, -0.1) is 0 Å². The van der Waals surface area contributed by atoms with Gasteiger partial charge in [0, 0.05) is 6.04 Å². The Hall–Kier alpha value is -0.0900. The summed E-state index contributed by atoms with van der Waals surface area (Å²) >= 11 is 0. The van der Waals surface area contributed by atoms with Crippen molar-refractivity contribution in [3.8, 4) is 0 Å². The molecule has 0 aromatic heterocycles. The zero-order valence-electron chi connectivity index (χ0n) is 9.12. The molecule has 0 aromatic rings. The van der Waals surface area contributed by atoms with Gasteiger partial charge in [0.2, 0.25) is 0 Å². The molecule has 0 saturated carbocycles. The van der Waals surface area contributed by atoms with Crippen LogP contribution in [0.3, 0.4) is 0 Å². The molecule has 1 rings (SSSR count). The van der Waals surface area contributed by atoms with Gasteiger partial charge in [-0.3, -0.25) is 0 Å². The monoisotopic (exact) mass is 219 g/mol. The summed E-state index contributed by atoms with van der Waals surface area (Å²) in [6, 6.07) is 0.452. The van der Waals surface area contributed by atoms with Gasteiger partial charge in [-0.1, -0.05) is 6.92 Å². The maximum Gasteiger partial charge on any atom is 0.150 e. The summed E-state index contributed by atoms with van der Waals surface area (Å²) in [6.07, 6.45) is 2.71. The van der Waals surface area contributed by atoms with Gasteiger partial charge in [0.1, 0.15) is 9.84 Å². The molecule has 14 heavy (non-hydrogen) atoms. The van der Waals surface area contributed by atoms with Crippen molar-refractivity contribution in [1.82, 2.24) is 5.32 Å². The molecule has 2 atom stereocenters. The van der Waals surface area contributed by atoms with Crippen molar-refractivity contribution in [3.63, 3.8) is 0 Å². The zero-order valence-corrected chi connectivity index (χ0v) is 9.94. The van der Waals surface area contributed by atoms with E-state index in [1.807, 2.05) is 0 Å². The van der Waals surface area contributed by atoms with Crippen LogP contribution in [0.5, 0.6) is 0 Å².